The van der Waals surface area contributed by atoms with Crippen LogP contribution in [-0.4, -0.2) is 18.7 Å². The maximum atomic E-state index is 12.2. The van der Waals surface area contributed by atoms with Crippen LogP contribution in [0.2, 0.25) is 5.02 Å². The molecule has 0 unspecified atom stereocenters. The van der Waals surface area contributed by atoms with Gasteiger partial charge < -0.3 is 9.47 Å². The quantitative estimate of drug-likeness (QED) is 0.230. The highest BCUT2D eigenvalue weighted by molar-refractivity contribution is 14.1. The van der Waals surface area contributed by atoms with Crippen molar-refractivity contribution in [1.82, 2.24) is 5.43 Å². The van der Waals surface area contributed by atoms with Gasteiger partial charge in [-0.25, -0.2) is 5.43 Å². The van der Waals surface area contributed by atoms with Crippen LogP contribution in [-0.2, 0) is 6.61 Å². The maximum absolute atomic E-state index is 12.2. The number of halogens is 2. The van der Waals surface area contributed by atoms with Crippen molar-refractivity contribution in [3.8, 4) is 11.5 Å². The van der Waals surface area contributed by atoms with Crippen molar-refractivity contribution in [3.05, 3.63) is 92.0 Å². The van der Waals surface area contributed by atoms with Gasteiger partial charge in [0.2, 0.25) is 0 Å². The predicted molar refractivity (Wildman–Crippen MR) is 128 cm³/mol. The maximum Gasteiger partial charge on any atom is 0.271 e. The van der Waals surface area contributed by atoms with E-state index in [0.29, 0.717) is 35.3 Å². The second-order valence-corrected chi connectivity index (χ2v) is 7.95. The van der Waals surface area contributed by atoms with Crippen LogP contribution >= 0.6 is 34.2 Å². The Morgan fingerprint density at radius 2 is 1.87 bits per heavy atom. The fraction of sp³-hybridized carbons (Fsp3) is 0.130. The van der Waals surface area contributed by atoms with Crippen LogP contribution in [0.3, 0.4) is 0 Å². The summed E-state index contributed by atoms with van der Waals surface area (Å²) in [6.45, 7) is 2.81. The van der Waals surface area contributed by atoms with Crippen LogP contribution in [0.25, 0.3) is 0 Å². The van der Waals surface area contributed by atoms with E-state index in [4.69, 9.17) is 21.1 Å². The van der Waals surface area contributed by atoms with Crippen molar-refractivity contribution >= 4 is 46.3 Å². The fourth-order valence-corrected chi connectivity index (χ4v) is 3.26. The molecule has 0 fully saturated rings. The van der Waals surface area contributed by atoms with Gasteiger partial charge in [0.1, 0.15) is 6.61 Å². The van der Waals surface area contributed by atoms with Crippen molar-refractivity contribution in [2.75, 3.05) is 6.61 Å². The van der Waals surface area contributed by atoms with Gasteiger partial charge in [-0.15, -0.1) is 0 Å². The van der Waals surface area contributed by atoms with Gasteiger partial charge in [0.05, 0.1) is 12.8 Å². The minimum Gasteiger partial charge on any atom is -0.490 e. The Labute approximate surface area is 194 Å². The predicted octanol–water partition coefficient (Wildman–Crippen LogP) is 5.69. The summed E-state index contributed by atoms with van der Waals surface area (Å²) >= 11 is 8.08. The molecule has 0 aromatic heterocycles. The summed E-state index contributed by atoms with van der Waals surface area (Å²) in [5.41, 5.74) is 4.88. The van der Waals surface area contributed by atoms with Gasteiger partial charge in [-0.05, 0) is 89.2 Å². The molecule has 0 aliphatic heterocycles. The SMILES string of the molecule is CCOc1cc(/C=N\NC(=O)c2cccc(I)c2)ccc1OCc1ccc(Cl)cc1. The highest BCUT2D eigenvalue weighted by Gasteiger charge is 2.07. The molecule has 1 amide bonds. The van der Waals surface area contributed by atoms with E-state index in [1.807, 2.05) is 61.5 Å². The average molecular weight is 535 g/mol. The molecule has 0 bridgehead atoms. The summed E-state index contributed by atoms with van der Waals surface area (Å²) in [5, 5.41) is 4.73. The zero-order valence-corrected chi connectivity index (χ0v) is 19.2. The molecule has 0 saturated carbocycles. The normalized spacial score (nSPS) is 10.8. The first-order valence-electron chi connectivity index (χ1n) is 9.28. The zero-order valence-electron chi connectivity index (χ0n) is 16.3. The number of benzene rings is 3. The first-order valence-corrected chi connectivity index (χ1v) is 10.7. The van der Waals surface area contributed by atoms with Crippen LogP contribution in [0.15, 0.2) is 71.8 Å². The standard InChI is InChI=1S/C23H20ClIN2O3/c1-2-29-22-12-17(14-26-27-23(28)18-4-3-5-20(25)13-18)8-11-21(22)30-15-16-6-9-19(24)10-7-16/h3-14H,2,15H2,1H3,(H,27,28)/b26-14-. The lowest BCUT2D eigenvalue weighted by atomic mass is 10.2. The molecule has 0 aliphatic rings. The largest absolute Gasteiger partial charge is 0.490 e. The summed E-state index contributed by atoms with van der Waals surface area (Å²) in [6, 6.07) is 20.3. The number of nitrogens with zero attached hydrogens (tertiary/aromatic N) is 1. The van der Waals surface area contributed by atoms with Crippen LogP contribution < -0.4 is 14.9 Å². The number of hydrogen-bond acceptors (Lipinski definition) is 4. The molecule has 0 aliphatic carbocycles. The molecule has 3 aromatic rings. The van der Waals surface area contributed by atoms with Gasteiger partial charge in [0.15, 0.2) is 11.5 Å². The van der Waals surface area contributed by atoms with Crippen LogP contribution in [0.1, 0.15) is 28.4 Å². The Bertz CT molecular complexity index is 1040. The number of carbonyl (C=O) groups excluding carboxylic acids is 1. The van der Waals surface area contributed by atoms with Crippen molar-refractivity contribution in [2.24, 2.45) is 5.10 Å². The van der Waals surface area contributed by atoms with Crippen molar-refractivity contribution in [2.45, 2.75) is 13.5 Å². The first kappa shape index (κ1) is 22.1. The van der Waals surface area contributed by atoms with Crippen molar-refractivity contribution in [1.29, 1.82) is 0 Å². The third kappa shape index (κ3) is 6.47. The molecule has 0 radical (unpaired) electrons. The van der Waals surface area contributed by atoms with Crippen molar-refractivity contribution < 1.29 is 14.3 Å². The summed E-state index contributed by atoms with van der Waals surface area (Å²) < 4.78 is 12.6. The summed E-state index contributed by atoms with van der Waals surface area (Å²) in [4.78, 5) is 12.2. The molecule has 5 nitrogen and oxygen atoms in total. The Morgan fingerprint density at radius 1 is 1.07 bits per heavy atom. The number of hydrazone groups is 1. The molecule has 30 heavy (non-hydrogen) atoms. The summed E-state index contributed by atoms with van der Waals surface area (Å²) in [7, 11) is 0. The van der Waals surface area contributed by atoms with E-state index >= 15 is 0 Å². The molecular weight excluding hydrogens is 515 g/mol. The number of nitrogens with one attached hydrogen (secondary N) is 1. The van der Waals surface area contributed by atoms with E-state index < -0.39 is 0 Å². The van der Waals surface area contributed by atoms with Crippen LogP contribution in [0.5, 0.6) is 11.5 Å². The van der Waals surface area contributed by atoms with Gasteiger partial charge in [-0.2, -0.15) is 5.10 Å². The number of carbonyl (C=O) groups is 1. The molecule has 0 saturated heterocycles. The molecule has 0 spiro atoms. The first-order chi connectivity index (χ1) is 14.5. The van der Waals surface area contributed by atoms with Crippen molar-refractivity contribution in [3.63, 3.8) is 0 Å². The second-order valence-electron chi connectivity index (χ2n) is 6.26. The highest BCUT2D eigenvalue weighted by atomic mass is 127. The Balaban J connectivity index is 1.65. The van der Waals surface area contributed by atoms with Gasteiger partial charge in [-0.3, -0.25) is 4.79 Å². The Hall–Kier alpha value is -2.58. The van der Waals surface area contributed by atoms with E-state index in [2.05, 4.69) is 33.1 Å². The number of amides is 1. The van der Waals surface area contributed by atoms with Gasteiger partial charge >= 0.3 is 0 Å². The number of hydrogen-bond donors (Lipinski definition) is 1. The molecule has 7 heteroatoms. The van der Waals surface area contributed by atoms with Crippen LogP contribution in [0, 0.1) is 3.57 Å². The lowest BCUT2D eigenvalue weighted by Crippen LogP contribution is -2.17. The minimum absolute atomic E-state index is 0.266. The lowest BCUT2D eigenvalue weighted by molar-refractivity contribution is 0.0955. The third-order valence-electron chi connectivity index (χ3n) is 4.04. The smallest absolute Gasteiger partial charge is 0.271 e. The summed E-state index contributed by atoms with van der Waals surface area (Å²) in [6.07, 6.45) is 1.57. The molecule has 1 N–H and O–H groups in total. The second kappa shape index (κ2) is 11.0. The zero-order chi connectivity index (χ0) is 21.3. The monoisotopic (exact) mass is 534 g/mol. The molecule has 154 valence electrons. The molecular formula is C23H20ClIN2O3. The van der Waals surface area contributed by atoms with E-state index in [-0.39, 0.29) is 5.91 Å². The number of ether oxygens (including phenoxy) is 2. The van der Waals surface area contributed by atoms with E-state index in [0.717, 1.165) is 14.7 Å². The molecule has 0 heterocycles. The number of rotatable bonds is 8. The molecule has 3 aromatic carbocycles. The average Bonchev–Trinajstić information content (AvgIpc) is 2.74. The highest BCUT2D eigenvalue weighted by Crippen LogP contribution is 2.29. The van der Waals surface area contributed by atoms with Crippen LogP contribution in [0.4, 0.5) is 0 Å². The minimum atomic E-state index is -0.266. The summed E-state index contributed by atoms with van der Waals surface area (Å²) in [5.74, 6) is 0.976. The molecule has 0 atom stereocenters. The lowest BCUT2D eigenvalue weighted by Gasteiger charge is -2.12. The van der Waals surface area contributed by atoms with Gasteiger partial charge in [0, 0.05) is 14.2 Å². The third-order valence-corrected chi connectivity index (χ3v) is 4.96. The van der Waals surface area contributed by atoms with E-state index in [1.165, 1.54) is 0 Å². The van der Waals surface area contributed by atoms with E-state index in [1.54, 1.807) is 18.3 Å². The van der Waals surface area contributed by atoms with Gasteiger partial charge in [0.25, 0.3) is 5.91 Å². The molecule has 3 rings (SSSR count). The van der Waals surface area contributed by atoms with Gasteiger partial charge in [-0.1, -0.05) is 29.8 Å². The topological polar surface area (TPSA) is 59.9 Å². The Morgan fingerprint density at radius 3 is 2.60 bits per heavy atom. The Kier molecular flexibility index (Phi) is 8.10. The fourth-order valence-electron chi connectivity index (χ4n) is 2.59. The van der Waals surface area contributed by atoms with E-state index in [9.17, 15) is 4.79 Å².